The molecule has 0 aliphatic carbocycles. The summed E-state index contributed by atoms with van der Waals surface area (Å²) in [5.74, 6) is -1.91. The van der Waals surface area contributed by atoms with E-state index in [4.69, 9.17) is 11.6 Å². The summed E-state index contributed by atoms with van der Waals surface area (Å²) >= 11 is 5.78. The van der Waals surface area contributed by atoms with Crippen LogP contribution in [-0.4, -0.2) is 22.8 Å². The molecule has 0 saturated carbocycles. The number of hydrogen-bond acceptors (Lipinski definition) is 5. The molecule has 7 nitrogen and oxygen atoms in total. The summed E-state index contributed by atoms with van der Waals surface area (Å²) in [6.45, 7) is 0. The van der Waals surface area contributed by atoms with Crippen molar-refractivity contribution in [2.45, 2.75) is 18.9 Å². The zero-order valence-electron chi connectivity index (χ0n) is 13.0. The molecule has 1 atom stereocenters. The predicted octanol–water partition coefficient (Wildman–Crippen LogP) is 1.27. The largest absolute Gasteiger partial charge is 0.548 e. The number of non-ortho nitro benzene ring substituents is 1. The van der Waals surface area contributed by atoms with E-state index in [1.165, 1.54) is 24.3 Å². The van der Waals surface area contributed by atoms with Crippen LogP contribution in [0.1, 0.15) is 11.1 Å². The maximum absolute atomic E-state index is 12.0. The molecule has 0 unspecified atom stereocenters. The van der Waals surface area contributed by atoms with E-state index in [1.807, 2.05) is 0 Å². The summed E-state index contributed by atoms with van der Waals surface area (Å²) in [7, 11) is 0. The fraction of sp³-hybridized carbons (Fsp3) is 0.176. The molecule has 2 rings (SSSR count). The number of nitro groups is 1. The first kappa shape index (κ1) is 18.4. The van der Waals surface area contributed by atoms with Gasteiger partial charge in [0, 0.05) is 17.2 Å². The van der Waals surface area contributed by atoms with Crippen molar-refractivity contribution in [3.63, 3.8) is 0 Å². The number of rotatable bonds is 7. The molecule has 0 radical (unpaired) electrons. The molecule has 130 valence electrons. The highest BCUT2D eigenvalue weighted by Crippen LogP contribution is 2.13. The van der Waals surface area contributed by atoms with Crippen LogP contribution in [0.25, 0.3) is 0 Å². The van der Waals surface area contributed by atoms with Crippen LogP contribution < -0.4 is 10.4 Å². The Morgan fingerprint density at radius 3 is 2.12 bits per heavy atom. The average molecular weight is 362 g/mol. The molecule has 2 aromatic rings. The Balaban J connectivity index is 1.98. The number of carboxylic acid groups (broad SMARTS) is 1. The summed E-state index contributed by atoms with van der Waals surface area (Å²) in [6, 6.07) is 10.9. The second-order valence-corrected chi connectivity index (χ2v) is 5.81. The first-order valence-corrected chi connectivity index (χ1v) is 7.71. The summed E-state index contributed by atoms with van der Waals surface area (Å²) < 4.78 is 0. The Hall–Kier alpha value is -2.93. The summed E-state index contributed by atoms with van der Waals surface area (Å²) in [6.07, 6.45) is -0.0338. The van der Waals surface area contributed by atoms with Gasteiger partial charge in [-0.25, -0.2) is 0 Å². The van der Waals surface area contributed by atoms with Crippen molar-refractivity contribution in [3.05, 3.63) is 74.8 Å². The van der Waals surface area contributed by atoms with Gasteiger partial charge in [0.2, 0.25) is 5.91 Å². The van der Waals surface area contributed by atoms with Gasteiger partial charge in [0.25, 0.3) is 5.69 Å². The zero-order valence-corrected chi connectivity index (χ0v) is 13.7. The SMILES string of the molecule is O=C(Cc1ccc([N+](=O)[O-])cc1)N[C@H](Cc1ccc(Cl)cc1)C(=O)[O-]. The molecule has 2 aromatic carbocycles. The van der Waals surface area contributed by atoms with E-state index in [0.717, 1.165) is 0 Å². The highest BCUT2D eigenvalue weighted by molar-refractivity contribution is 6.30. The lowest BCUT2D eigenvalue weighted by molar-refractivity contribution is -0.384. The molecule has 0 saturated heterocycles. The van der Waals surface area contributed by atoms with Crippen LogP contribution in [0.5, 0.6) is 0 Å². The van der Waals surface area contributed by atoms with Gasteiger partial charge in [0.1, 0.15) is 0 Å². The standard InChI is InChI=1S/C17H15ClN2O5/c18-13-5-1-11(2-6-13)9-15(17(22)23)19-16(21)10-12-3-7-14(8-4-12)20(24)25/h1-8,15H,9-10H2,(H,19,21)(H,22,23)/p-1/t15-/m1/s1. The van der Waals surface area contributed by atoms with Gasteiger partial charge in [0.15, 0.2) is 0 Å². The molecular formula is C17H14ClN2O5-. The Morgan fingerprint density at radius 2 is 1.60 bits per heavy atom. The molecule has 0 aliphatic rings. The second-order valence-electron chi connectivity index (χ2n) is 5.37. The smallest absolute Gasteiger partial charge is 0.269 e. The maximum atomic E-state index is 12.0. The van der Waals surface area contributed by atoms with Crippen molar-refractivity contribution >= 4 is 29.2 Å². The van der Waals surface area contributed by atoms with Crippen LogP contribution in [0.2, 0.25) is 5.02 Å². The second kappa shape index (κ2) is 8.25. The third kappa shape index (κ3) is 5.58. The number of nitro benzene ring substituents is 1. The molecule has 0 aliphatic heterocycles. The number of aliphatic carboxylic acids is 1. The first-order chi connectivity index (χ1) is 11.8. The average Bonchev–Trinajstić information content (AvgIpc) is 2.56. The van der Waals surface area contributed by atoms with Gasteiger partial charge < -0.3 is 15.2 Å². The molecule has 1 amide bonds. The normalized spacial score (nSPS) is 11.6. The van der Waals surface area contributed by atoms with Crippen molar-refractivity contribution in [3.8, 4) is 0 Å². The van der Waals surface area contributed by atoms with E-state index in [2.05, 4.69) is 5.32 Å². The van der Waals surface area contributed by atoms with Gasteiger partial charge in [-0.1, -0.05) is 35.9 Å². The minimum atomic E-state index is -1.40. The topological polar surface area (TPSA) is 112 Å². The van der Waals surface area contributed by atoms with Gasteiger partial charge >= 0.3 is 0 Å². The minimum Gasteiger partial charge on any atom is -0.548 e. The Bertz CT molecular complexity index is 775. The molecule has 8 heteroatoms. The summed E-state index contributed by atoms with van der Waals surface area (Å²) in [5, 5.41) is 24.8. The molecule has 1 N–H and O–H groups in total. The van der Waals surface area contributed by atoms with Gasteiger partial charge in [-0.3, -0.25) is 14.9 Å². The molecule has 0 heterocycles. The number of carbonyl (C=O) groups excluding carboxylic acids is 2. The maximum Gasteiger partial charge on any atom is 0.269 e. The highest BCUT2D eigenvalue weighted by Gasteiger charge is 2.15. The lowest BCUT2D eigenvalue weighted by Gasteiger charge is -2.20. The van der Waals surface area contributed by atoms with E-state index in [-0.39, 0.29) is 18.5 Å². The van der Waals surface area contributed by atoms with Crippen molar-refractivity contribution in [1.82, 2.24) is 5.32 Å². The van der Waals surface area contributed by atoms with E-state index in [0.29, 0.717) is 16.1 Å². The molecule has 0 fully saturated rings. The van der Waals surface area contributed by atoms with Crippen LogP contribution in [0.4, 0.5) is 5.69 Å². The minimum absolute atomic E-state index is 0.0610. The number of halogens is 1. The van der Waals surface area contributed by atoms with Crippen molar-refractivity contribution < 1.29 is 19.6 Å². The number of carboxylic acids is 1. The molecule has 0 bridgehead atoms. The number of hydrogen-bond donors (Lipinski definition) is 1. The monoisotopic (exact) mass is 361 g/mol. The molecule has 0 spiro atoms. The lowest BCUT2D eigenvalue weighted by atomic mass is 10.1. The van der Waals surface area contributed by atoms with E-state index < -0.39 is 22.8 Å². The van der Waals surface area contributed by atoms with Crippen LogP contribution >= 0.6 is 11.6 Å². The quantitative estimate of drug-likeness (QED) is 0.589. The van der Waals surface area contributed by atoms with Gasteiger partial charge in [-0.05, 0) is 29.7 Å². The number of nitrogens with one attached hydrogen (secondary N) is 1. The third-order valence-electron chi connectivity index (χ3n) is 3.48. The fourth-order valence-corrected chi connectivity index (χ4v) is 2.34. The summed E-state index contributed by atoms with van der Waals surface area (Å²) in [4.78, 5) is 33.3. The van der Waals surface area contributed by atoms with E-state index in [1.54, 1.807) is 24.3 Å². The zero-order chi connectivity index (χ0) is 18.4. The molecule has 0 aromatic heterocycles. The predicted molar refractivity (Wildman–Crippen MR) is 88.9 cm³/mol. The van der Waals surface area contributed by atoms with Crippen LogP contribution in [-0.2, 0) is 22.4 Å². The van der Waals surface area contributed by atoms with Crippen molar-refractivity contribution in [2.24, 2.45) is 0 Å². The van der Waals surface area contributed by atoms with Gasteiger partial charge in [-0.15, -0.1) is 0 Å². The summed E-state index contributed by atoms with van der Waals surface area (Å²) in [5.41, 5.74) is 1.14. The first-order valence-electron chi connectivity index (χ1n) is 7.33. The van der Waals surface area contributed by atoms with Crippen molar-refractivity contribution in [1.29, 1.82) is 0 Å². The number of carbonyl (C=O) groups is 2. The van der Waals surface area contributed by atoms with Gasteiger partial charge in [-0.2, -0.15) is 0 Å². The number of amides is 1. The third-order valence-corrected chi connectivity index (χ3v) is 3.74. The fourth-order valence-electron chi connectivity index (χ4n) is 2.22. The van der Waals surface area contributed by atoms with E-state index in [9.17, 15) is 24.8 Å². The molecular weight excluding hydrogens is 348 g/mol. The van der Waals surface area contributed by atoms with Crippen LogP contribution in [0.3, 0.4) is 0 Å². The van der Waals surface area contributed by atoms with Crippen LogP contribution in [0, 0.1) is 10.1 Å². The Morgan fingerprint density at radius 1 is 1.04 bits per heavy atom. The van der Waals surface area contributed by atoms with Crippen LogP contribution in [0.15, 0.2) is 48.5 Å². The number of nitrogens with zero attached hydrogens (tertiary/aromatic N) is 1. The lowest BCUT2D eigenvalue weighted by Crippen LogP contribution is -2.49. The highest BCUT2D eigenvalue weighted by atomic mass is 35.5. The van der Waals surface area contributed by atoms with Crippen molar-refractivity contribution in [2.75, 3.05) is 0 Å². The Labute approximate surface area is 148 Å². The van der Waals surface area contributed by atoms with E-state index >= 15 is 0 Å². The van der Waals surface area contributed by atoms with Gasteiger partial charge in [0.05, 0.1) is 23.4 Å². The molecule has 25 heavy (non-hydrogen) atoms. The number of benzene rings is 2. The Kier molecular flexibility index (Phi) is 6.08.